The molecule has 0 unspecified atom stereocenters. The first-order chi connectivity index (χ1) is 12.0. The smallest absolute Gasteiger partial charge is 0.258 e. The van der Waals surface area contributed by atoms with Gasteiger partial charge in [-0.1, -0.05) is 47.5 Å². The summed E-state index contributed by atoms with van der Waals surface area (Å²) >= 11 is 12.0. The number of carbonyl (C=O) groups is 1. The van der Waals surface area contributed by atoms with Crippen molar-refractivity contribution in [2.45, 2.75) is 13.0 Å². The number of pyridine rings is 1. The lowest BCUT2D eigenvalue weighted by atomic mass is 10.1. The molecule has 128 valence electrons. The van der Waals surface area contributed by atoms with Gasteiger partial charge in [-0.2, -0.15) is 0 Å². The summed E-state index contributed by atoms with van der Waals surface area (Å²) < 4.78 is 1.41. The zero-order valence-corrected chi connectivity index (χ0v) is 14.8. The average molecular weight is 375 g/mol. The minimum atomic E-state index is -0.220. The second kappa shape index (κ2) is 7.72. The van der Waals surface area contributed by atoms with Gasteiger partial charge >= 0.3 is 0 Å². The molecule has 3 rings (SSSR count). The lowest BCUT2D eigenvalue weighted by Crippen LogP contribution is -2.33. The van der Waals surface area contributed by atoms with Crippen LogP contribution in [0.4, 0.5) is 0 Å². The number of hydrogen-bond donors (Lipinski definition) is 1. The van der Waals surface area contributed by atoms with Crippen molar-refractivity contribution < 1.29 is 4.79 Å². The standard InChI is InChI=1S/C19H16Cl2N2O2/c20-15-6-5-14(17(21)11-15)7-9-22-18(24)12-23-10-8-13-3-1-2-4-16(13)19(23)25/h1-6,8,10-11H,7,9,12H2,(H,22,24). The van der Waals surface area contributed by atoms with Gasteiger partial charge in [0.15, 0.2) is 0 Å². The fourth-order valence-corrected chi connectivity index (χ4v) is 3.13. The van der Waals surface area contributed by atoms with Crippen molar-refractivity contribution in [1.82, 2.24) is 9.88 Å². The normalized spacial score (nSPS) is 10.8. The number of fused-ring (bicyclic) bond motifs is 1. The summed E-state index contributed by atoms with van der Waals surface area (Å²) in [6.45, 7) is 0.417. The molecule has 0 spiro atoms. The van der Waals surface area contributed by atoms with Gasteiger partial charge in [0.05, 0.1) is 0 Å². The Bertz CT molecular complexity index is 983. The van der Waals surface area contributed by atoms with Crippen molar-refractivity contribution in [2.24, 2.45) is 0 Å². The monoisotopic (exact) mass is 374 g/mol. The van der Waals surface area contributed by atoms with Crippen LogP contribution in [-0.2, 0) is 17.8 Å². The molecule has 0 bridgehead atoms. The number of hydrogen-bond acceptors (Lipinski definition) is 2. The average Bonchev–Trinajstić information content (AvgIpc) is 2.59. The number of aromatic nitrogens is 1. The molecule has 1 heterocycles. The van der Waals surface area contributed by atoms with E-state index in [-0.39, 0.29) is 18.0 Å². The molecule has 1 amide bonds. The van der Waals surface area contributed by atoms with Crippen molar-refractivity contribution in [1.29, 1.82) is 0 Å². The van der Waals surface area contributed by atoms with Crippen molar-refractivity contribution in [3.63, 3.8) is 0 Å². The summed E-state index contributed by atoms with van der Waals surface area (Å²) in [5, 5.41) is 5.43. The maximum atomic E-state index is 12.4. The predicted molar refractivity (Wildman–Crippen MR) is 101 cm³/mol. The maximum Gasteiger partial charge on any atom is 0.258 e. The molecule has 6 heteroatoms. The highest BCUT2D eigenvalue weighted by atomic mass is 35.5. The van der Waals surface area contributed by atoms with Crippen LogP contribution in [0.1, 0.15) is 5.56 Å². The van der Waals surface area contributed by atoms with E-state index in [1.165, 1.54) is 4.57 Å². The molecular formula is C19H16Cl2N2O2. The van der Waals surface area contributed by atoms with Gasteiger partial charge in [-0.25, -0.2) is 0 Å². The third-order valence-corrected chi connectivity index (χ3v) is 4.52. The summed E-state index contributed by atoms with van der Waals surface area (Å²) in [5.41, 5.74) is 0.739. The van der Waals surface area contributed by atoms with Crippen molar-refractivity contribution >= 4 is 39.9 Å². The van der Waals surface area contributed by atoms with E-state index in [0.717, 1.165) is 10.9 Å². The minimum Gasteiger partial charge on any atom is -0.354 e. The predicted octanol–water partition coefficient (Wildman–Crippen LogP) is 3.67. The van der Waals surface area contributed by atoms with Gasteiger partial charge in [-0.15, -0.1) is 0 Å². The highest BCUT2D eigenvalue weighted by Crippen LogP contribution is 2.21. The van der Waals surface area contributed by atoms with E-state index in [1.807, 2.05) is 30.3 Å². The Morgan fingerprint density at radius 3 is 2.68 bits per heavy atom. The lowest BCUT2D eigenvalue weighted by molar-refractivity contribution is -0.121. The maximum absolute atomic E-state index is 12.4. The molecule has 0 radical (unpaired) electrons. The van der Waals surface area contributed by atoms with Crippen molar-refractivity contribution in [3.8, 4) is 0 Å². The zero-order chi connectivity index (χ0) is 17.8. The molecule has 0 aliphatic heterocycles. The third kappa shape index (κ3) is 4.21. The lowest BCUT2D eigenvalue weighted by Gasteiger charge is -2.09. The van der Waals surface area contributed by atoms with Crippen LogP contribution in [-0.4, -0.2) is 17.0 Å². The van der Waals surface area contributed by atoms with Crippen molar-refractivity contribution in [2.75, 3.05) is 6.54 Å². The number of nitrogens with zero attached hydrogens (tertiary/aromatic N) is 1. The van der Waals surface area contributed by atoms with Crippen LogP contribution in [0.3, 0.4) is 0 Å². The second-order valence-corrected chi connectivity index (χ2v) is 6.52. The van der Waals surface area contributed by atoms with Gasteiger partial charge < -0.3 is 9.88 Å². The highest BCUT2D eigenvalue weighted by Gasteiger charge is 2.07. The summed E-state index contributed by atoms with van der Waals surface area (Å²) in [6, 6.07) is 14.4. The summed E-state index contributed by atoms with van der Waals surface area (Å²) in [4.78, 5) is 24.5. The number of nitrogens with one attached hydrogen (secondary N) is 1. The minimum absolute atomic E-state index is 0.0159. The summed E-state index contributed by atoms with van der Waals surface area (Å²) in [5.74, 6) is -0.220. The number of rotatable bonds is 5. The number of halogens is 2. The Morgan fingerprint density at radius 1 is 1.08 bits per heavy atom. The van der Waals surface area contributed by atoms with Crippen molar-refractivity contribution in [3.05, 3.63) is 80.7 Å². The fraction of sp³-hybridized carbons (Fsp3) is 0.158. The number of benzene rings is 2. The van der Waals surface area contributed by atoms with E-state index in [0.29, 0.717) is 28.4 Å². The molecule has 0 aliphatic carbocycles. The zero-order valence-electron chi connectivity index (χ0n) is 13.3. The van der Waals surface area contributed by atoms with Gasteiger partial charge in [0.1, 0.15) is 6.54 Å². The Balaban J connectivity index is 1.61. The molecule has 2 aromatic carbocycles. The molecule has 0 aliphatic rings. The van der Waals surface area contributed by atoms with Gasteiger partial charge in [-0.3, -0.25) is 9.59 Å². The first-order valence-electron chi connectivity index (χ1n) is 7.83. The van der Waals surface area contributed by atoms with Crippen LogP contribution >= 0.6 is 23.2 Å². The van der Waals surface area contributed by atoms with E-state index in [9.17, 15) is 9.59 Å². The van der Waals surface area contributed by atoms with Gasteiger partial charge in [-0.05, 0) is 41.6 Å². The highest BCUT2D eigenvalue weighted by molar-refractivity contribution is 6.35. The SMILES string of the molecule is O=C(Cn1ccc2ccccc2c1=O)NCCc1ccc(Cl)cc1Cl. The molecule has 1 aromatic heterocycles. The van der Waals surface area contributed by atoms with E-state index < -0.39 is 0 Å². The first-order valence-corrected chi connectivity index (χ1v) is 8.59. The van der Waals surface area contributed by atoms with Crippen LogP contribution in [0.25, 0.3) is 10.8 Å². The molecule has 0 atom stereocenters. The summed E-state index contributed by atoms with van der Waals surface area (Å²) in [6.07, 6.45) is 2.23. The first kappa shape index (κ1) is 17.5. The Labute approximate surface area is 155 Å². The van der Waals surface area contributed by atoms with Crippen LogP contribution in [0.15, 0.2) is 59.5 Å². The molecule has 0 fully saturated rings. The molecular weight excluding hydrogens is 359 g/mol. The van der Waals surface area contributed by atoms with Crippen LogP contribution in [0.2, 0.25) is 10.0 Å². The van der Waals surface area contributed by atoms with E-state index in [4.69, 9.17) is 23.2 Å². The van der Waals surface area contributed by atoms with Crippen LogP contribution in [0.5, 0.6) is 0 Å². The third-order valence-electron chi connectivity index (χ3n) is 3.93. The van der Waals surface area contributed by atoms with Crippen LogP contribution < -0.4 is 10.9 Å². The largest absolute Gasteiger partial charge is 0.354 e. The van der Waals surface area contributed by atoms with E-state index in [1.54, 1.807) is 24.4 Å². The number of carbonyl (C=O) groups excluding carboxylic acids is 1. The fourth-order valence-electron chi connectivity index (χ4n) is 2.63. The Morgan fingerprint density at radius 2 is 1.88 bits per heavy atom. The quantitative estimate of drug-likeness (QED) is 0.740. The van der Waals surface area contributed by atoms with E-state index >= 15 is 0 Å². The van der Waals surface area contributed by atoms with Gasteiger partial charge in [0.2, 0.25) is 5.91 Å². The molecule has 1 N–H and O–H groups in total. The molecule has 25 heavy (non-hydrogen) atoms. The van der Waals surface area contributed by atoms with Gasteiger partial charge in [0, 0.05) is 28.2 Å². The second-order valence-electron chi connectivity index (χ2n) is 5.67. The Hall–Kier alpha value is -2.30. The molecule has 4 nitrogen and oxygen atoms in total. The molecule has 0 saturated heterocycles. The van der Waals surface area contributed by atoms with Gasteiger partial charge in [0.25, 0.3) is 5.56 Å². The summed E-state index contributed by atoms with van der Waals surface area (Å²) in [7, 11) is 0. The van der Waals surface area contributed by atoms with Crippen LogP contribution in [0, 0.1) is 0 Å². The van der Waals surface area contributed by atoms with E-state index in [2.05, 4.69) is 5.32 Å². The topological polar surface area (TPSA) is 51.1 Å². The Kier molecular flexibility index (Phi) is 5.41. The number of amides is 1. The molecule has 3 aromatic rings. The molecule has 0 saturated carbocycles.